The lowest BCUT2D eigenvalue weighted by atomic mass is 10.1. The summed E-state index contributed by atoms with van der Waals surface area (Å²) in [6, 6.07) is 3.45. The monoisotopic (exact) mass is 299 g/mol. The Hall–Kier alpha value is -1.14. The summed E-state index contributed by atoms with van der Waals surface area (Å²) in [6.07, 6.45) is 4.49. The molecule has 1 aromatic heterocycles. The van der Waals surface area contributed by atoms with Crippen molar-refractivity contribution in [3.63, 3.8) is 0 Å². The van der Waals surface area contributed by atoms with Crippen LogP contribution in [-0.2, 0) is 10.0 Å². The van der Waals surface area contributed by atoms with E-state index in [2.05, 4.69) is 28.9 Å². The van der Waals surface area contributed by atoms with Gasteiger partial charge in [0.2, 0.25) is 0 Å². The highest BCUT2D eigenvalue weighted by Crippen LogP contribution is 2.17. The Labute approximate surface area is 122 Å². The highest BCUT2D eigenvalue weighted by molar-refractivity contribution is 7.89. The number of sulfonamides is 1. The molecular formula is C14H25N3O2S. The van der Waals surface area contributed by atoms with Gasteiger partial charge in [-0.2, -0.15) is 0 Å². The lowest BCUT2D eigenvalue weighted by molar-refractivity contribution is 0.530. The molecule has 0 radical (unpaired) electrons. The van der Waals surface area contributed by atoms with Crippen LogP contribution in [0.2, 0.25) is 0 Å². The maximum atomic E-state index is 12.2. The van der Waals surface area contributed by atoms with Gasteiger partial charge in [0, 0.05) is 19.3 Å². The van der Waals surface area contributed by atoms with Crippen LogP contribution < -0.4 is 10.0 Å². The normalized spacial score (nSPS) is 11.8. The fraction of sp³-hybridized carbons (Fsp3) is 0.643. The number of rotatable bonds is 9. The van der Waals surface area contributed by atoms with Gasteiger partial charge in [0.15, 0.2) is 5.03 Å². The molecule has 1 aromatic rings. The molecule has 0 bridgehead atoms. The Morgan fingerprint density at radius 2 is 2.05 bits per heavy atom. The standard InChI is InChI=1S/C14H25N3O2S/c1-4-15-13-9-7-10-16-14(13)20(18,19)17-11-6-5-8-12(2)3/h7,9-10,12,15,17H,4-6,8,11H2,1-3H3. The van der Waals surface area contributed by atoms with Gasteiger partial charge in [-0.05, 0) is 31.4 Å². The fourth-order valence-electron chi connectivity index (χ4n) is 1.88. The van der Waals surface area contributed by atoms with E-state index in [0.29, 0.717) is 24.7 Å². The van der Waals surface area contributed by atoms with Crippen molar-refractivity contribution in [2.75, 3.05) is 18.4 Å². The summed E-state index contributed by atoms with van der Waals surface area (Å²) < 4.78 is 27.0. The van der Waals surface area contributed by atoms with E-state index in [1.807, 2.05) is 6.92 Å². The van der Waals surface area contributed by atoms with Crippen LogP contribution in [-0.4, -0.2) is 26.5 Å². The molecule has 5 nitrogen and oxygen atoms in total. The van der Waals surface area contributed by atoms with Gasteiger partial charge in [-0.25, -0.2) is 18.1 Å². The first kappa shape index (κ1) is 16.9. The van der Waals surface area contributed by atoms with Gasteiger partial charge in [-0.3, -0.25) is 0 Å². The quantitative estimate of drug-likeness (QED) is 0.688. The summed E-state index contributed by atoms with van der Waals surface area (Å²) >= 11 is 0. The zero-order valence-electron chi connectivity index (χ0n) is 12.5. The predicted molar refractivity (Wildman–Crippen MR) is 82.3 cm³/mol. The van der Waals surface area contributed by atoms with Crippen LogP contribution in [0.1, 0.15) is 40.0 Å². The minimum Gasteiger partial charge on any atom is -0.383 e. The molecule has 0 fully saturated rings. The lowest BCUT2D eigenvalue weighted by Gasteiger charge is -2.11. The van der Waals surface area contributed by atoms with Crippen LogP contribution in [0.4, 0.5) is 5.69 Å². The number of hydrogen-bond donors (Lipinski definition) is 2. The summed E-state index contributed by atoms with van der Waals surface area (Å²) in [7, 11) is -3.54. The van der Waals surface area contributed by atoms with Gasteiger partial charge >= 0.3 is 0 Å². The molecule has 0 aliphatic heterocycles. The maximum Gasteiger partial charge on any atom is 0.260 e. The second-order valence-electron chi connectivity index (χ2n) is 5.17. The molecule has 0 aliphatic rings. The lowest BCUT2D eigenvalue weighted by Crippen LogP contribution is -2.26. The van der Waals surface area contributed by atoms with Gasteiger partial charge in [-0.1, -0.05) is 26.7 Å². The zero-order valence-corrected chi connectivity index (χ0v) is 13.3. The third-order valence-electron chi connectivity index (χ3n) is 2.89. The van der Waals surface area contributed by atoms with E-state index >= 15 is 0 Å². The fourth-order valence-corrected chi connectivity index (χ4v) is 3.06. The summed E-state index contributed by atoms with van der Waals surface area (Å²) in [5, 5.41) is 3.09. The van der Waals surface area contributed by atoms with Crippen molar-refractivity contribution in [2.45, 2.75) is 45.1 Å². The number of pyridine rings is 1. The first-order valence-corrected chi connectivity index (χ1v) is 8.64. The van der Waals surface area contributed by atoms with Gasteiger partial charge < -0.3 is 5.32 Å². The Bertz CT molecular complexity index is 501. The SMILES string of the molecule is CCNc1cccnc1S(=O)(=O)NCCCCC(C)C. The van der Waals surface area contributed by atoms with Gasteiger partial charge in [0.1, 0.15) is 0 Å². The van der Waals surface area contributed by atoms with Crippen molar-refractivity contribution in [3.8, 4) is 0 Å². The largest absolute Gasteiger partial charge is 0.383 e. The van der Waals surface area contributed by atoms with Crippen molar-refractivity contribution >= 4 is 15.7 Å². The first-order chi connectivity index (χ1) is 9.47. The van der Waals surface area contributed by atoms with Crippen LogP contribution in [0.5, 0.6) is 0 Å². The van der Waals surface area contributed by atoms with Crippen molar-refractivity contribution in [1.29, 1.82) is 0 Å². The van der Waals surface area contributed by atoms with E-state index in [1.165, 1.54) is 6.20 Å². The van der Waals surface area contributed by atoms with Crippen LogP contribution >= 0.6 is 0 Å². The van der Waals surface area contributed by atoms with Crippen LogP contribution in [0, 0.1) is 5.92 Å². The van der Waals surface area contributed by atoms with Crippen LogP contribution in [0.25, 0.3) is 0 Å². The third kappa shape index (κ3) is 5.46. The van der Waals surface area contributed by atoms with E-state index in [1.54, 1.807) is 12.1 Å². The molecule has 1 rings (SSSR count). The minimum atomic E-state index is -3.54. The van der Waals surface area contributed by atoms with E-state index in [4.69, 9.17) is 0 Å². The molecule has 1 heterocycles. The Morgan fingerprint density at radius 1 is 1.30 bits per heavy atom. The van der Waals surface area contributed by atoms with Gasteiger partial charge in [0.05, 0.1) is 5.69 Å². The average molecular weight is 299 g/mol. The van der Waals surface area contributed by atoms with Crippen LogP contribution in [0.3, 0.4) is 0 Å². The number of unbranched alkanes of at least 4 members (excludes halogenated alkanes) is 1. The number of nitrogens with one attached hydrogen (secondary N) is 2. The van der Waals surface area contributed by atoms with Crippen molar-refractivity contribution in [1.82, 2.24) is 9.71 Å². The Balaban J connectivity index is 2.60. The Kier molecular flexibility index (Phi) is 6.95. The number of nitrogens with zero attached hydrogens (tertiary/aromatic N) is 1. The topological polar surface area (TPSA) is 71.1 Å². The van der Waals surface area contributed by atoms with Crippen molar-refractivity contribution < 1.29 is 8.42 Å². The molecule has 20 heavy (non-hydrogen) atoms. The summed E-state index contributed by atoms with van der Waals surface area (Å²) in [5.41, 5.74) is 0.546. The van der Waals surface area contributed by atoms with E-state index in [-0.39, 0.29) is 5.03 Å². The molecular weight excluding hydrogens is 274 g/mol. The van der Waals surface area contributed by atoms with Crippen molar-refractivity contribution in [3.05, 3.63) is 18.3 Å². The molecule has 0 saturated heterocycles. The molecule has 0 spiro atoms. The summed E-state index contributed by atoms with van der Waals surface area (Å²) in [6.45, 7) is 7.37. The van der Waals surface area contributed by atoms with E-state index in [9.17, 15) is 8.42 Å². The second kappa shape index (κ2) is 8.21. The highest BCUT2D eigenvalue weighted by atomic mass is 32.2. The maximum absolute atomic E-state index is 12.2. The number of hydrogen-bond acceptors (Lipinski definition) is 4. The third-order valence-corrected chi connectivity index (χ3v) is 4.31. The van der Waals surface area contributed by atoms with Gasteiger partial charge in [0.25, 0.3) is 10.0 Å². The highest BCUT2D eigenvalue weighted by Gasteiger charge is 2.19. The zero-order chi connectivity index (χ0) is 15.0. The Morgan fingerprint density at radius 3 is 2.70 bits per heavy atom. The molecule has 0 amide bonds. The summed E-state index contributed by atoms with van der Waals surface area (Å²) in [5.74, 6) is 0.655. The van der Waals surface area contributed by atoms with E-state index in [0.717, 1.165) is 19.3 Å². The van der Waals surface area contributed by atoms with E-state index < -0.39 is 10.0 Å². The number of anilines is 1. The molecule has 0 unspecified atom stereocenters. The van der Waals surface area contributed by atoms with Crippen LogP contribution in [0.15, 0.2) is 23.4 Å². The molecule has 6 heteroatoms. The molecule has 114 valence electrons. The smallest absolute Gasteiger partial charge is 0.260 e. The average Bonchev–Trinajstić information content (AvgIpc) is 2.38. The molecule has 0 aromatic carbocycles. The molecule has 0 aliphatic carbocycles. The predicted octanol–water partition coefficient (Wildman–Crippen LogP) is 2.62. The summed E-state index contributed by atoms with van der Waals surface area (Å²) in [4.78, 5) is 3.98. The molecule has 2 N–H and O–H groups in total. The molecule has 0 saturated carbocycles. The molecule has 0 atom stereocenters. The van der Waals surface area contributed by atoms with Gasteiger partial charge in [-0.15, -0.1) is 0 Å². The minimum absolute atomic E-state index is 0.0747. The second-order valence-corrected chi connectivity index (χ2v) is 6.86. The van der Waals surface area contributed by atoms with Crippen molar-refractivity contribution in [2.24, 2.45) is 5.92 Å². The first-order valence-electron chi connectivity index (χ1n) is 7.16. The number of aromatic nitrogens is 1.